The summed E-state index contributed by atoms with van der Waals surface area (Å²) in [6.45, 7) is 12.1. The molecule has 32 heavy (non-hydrogen) atoms. The van der Waals surface area contributed by atoms with Crippen LogP contribution in [0.5, 0.6) is 0 Å². The monoisotopic (exact) mass is 460 g/mol. The summed E-state index contributed by atoms with van der Waals surface area (Å²) >= 11 is 0. The molecule has 7 heteroatoms. The lowest BCUT2D eigenvalue weighted by Gasteiger charge is -2.38. The first-order chi connectivity index (χ1) is 15.0. The lowest BCUT2D eigenvalue weighted by molar-refractivity contribution is -0.110. The number of benzene rings is 1. The van der Waals surface area contributed by atoms with Crippen molar-refractivity contribution in [2.75, 3.05) is 24.1 Å². The van der Waals surface area contributed by atoms with Crippen LogP contribution in [0.2, 0.25) is 0 Å². The van der Waals surface area contributed by atoms with E-state index < -0.39 is 16.1 Å². The average molecular weight is 461 g/mol. The molecule has 0 spiro atoms. The highest BCUT2D eigenvalue weighted by Gasteiger charge is 2.33. The molecule has 0 radical (unpaired) electrons. The molecule has 2 aromatic rings. The smallest absolute Gasteiger partial charge is 0.265 e. The molecule has 1 unspecified atom stereocenters. The summed E-state index contributed by atoms with van der Waals surface area (Å²) in [6.07, 6.45) is 2.61. The highest BCUT2D eigenvalue weighted by atomic mass is 32.2. The van der Waals surface area contributed by atoms with Crippen LogP contribution >= 0.6 is 0 Å². The Bertz CT molecular complexity index is 982. The van der Waals surface area contributed by atoms with Gasteiger partial charge in [-0.2, -0.15) is 0 Å². The number of aliphatic hydroxyl groups excluding tert-OH is 1. The summed E-state index contributed by atoms with van der Waals surface area (Å²) in [7, 11) is -3.78. The lowest BCUT2D eigenvalue weighted by atomic mass is 9.82. The van der Waals surface area contributed by atoms with Crippen molar-refractivity contribution in [3.63, 3.8) is 0 Å². The van der Waals surface area contributed by atoms with Gasteiger partial charge < -0.3 is 9.84 Å². The Kier molecular flexibility index (Phi) is 7.63. The van der Waals surface area contributed by atoms with Gasteiger partial charge in [-0.05, 0) is 54.0 Å². The molecule has 1 saturated heterocycles. The van der Waals surface area contributed by atoms with E-state index in [-0.39, 0.29) is 16.2 Å². The van der Waals surface area contributed by atoms with Gasteiger partial charge in [-0.3, -0.25) is 0 Å². The Labute approximate surface area is 192 Å². The van der Waals surface area contributed by atoms with Gasteiger partial charge in [0, 0.05) is 18.2 Å². The molecule has 1 atom stereocenters. The zero-order valence-corrected chi connectivity index (χ0v) is 20.6. The van der Waals surface area contributed by atoms with Crippen LogP contribution < -0.4 is 4.31 Å². The number of aliphatic hydroxyl groups is 1. The van der Waals surface area contributed by atoms with Crippen LogP contribution in [0.15, 0.2) is 47.5 Å². The third-order valence-corrected chi connectivity index (χ3v) is 7.78. The standard InChI is InChI=1S/C25H36N2O4S/c1-18(2)15-27(24-11-8-21(14-26-24)19(3)4)32(29,30)22-9-6-20(7-10-22)23(28)12-13-25(5)16-31-17-25/h6-11,14,18-19,23,28H,12-13,15-17H2,1-5H3. The fourth-order valence-electron chi connectivity index (χ4n) is 3.77. The molecule has 6 nitrogen and oxygen atoms in total. The minimum atomic E-state index is -3.78. The molecule has 3 rings (SSSR count). The largest absolute Gasteiger partial charge is 0.388 e. The van der Waals surface area contributed by atoms with E-state index in [2.05, 4.69) is 25.8 Å². The maximum Gasteiger partial charge on any atom is 0.265 e. The SMILES string of the molecule is CC(C)CN(c1ccc(C(C)C)cn1)S(=O)(=O)c1ccc(C(O)CCC2(C)COC2)cc1. The van der Waals surface area contributed by atoms with Crippen molar-refractivity contribution in [3.05, 3.63) is 53.7 Å². The normalized spacial score (nSPS) is 16.8. The molecule has 0 aliphatic carbocycles. The number of ether oxygens (including phenoxy) is 1. The number of aromatic nitrogens is 1. The predicted octanol–water partition coefficient (Wildman–Crippen LogP) is 4.91. The second-order valence-corrected chi connectivity index (χ2v) is 11.8. The molecule has 1 aliphatic rings. The van der Waals surface area contributed by atoms with E-state index in [4.69, 9.17) is 4.74 Å². The molecule has 0 bridgehead atoms. The molecular weight excluding hydrogens is 424 g/mol. The molecular formula is C25H36N2O4S. The van der Waals surface area contributed by atoms with E-state index >= 15 is 0 Å². The number of sulfonamides is 1. The van der Waals surface area contributed by atoms with Crippen molar-refractivity contribution in [2.24, 2.45) is 11.3 Å². The van der Waals surface area contributed by atoms with Crippen LogP contribution in [0, 0.1) is 11.3 Å². The van der Waals surface area contributed by atoms with Crippen molar-refractivity contribution < 1.29 is 18.3 Å². The van der Waals surface area contributed by atoms with Crippen molar-refractivity contribution in [2.45, 2.75) is 64.4 Å². The van der Waals surface area contributed by atoms with Gasteiger partial charge in [0.1, 0.15) is 5.82 Å². The lowest BCUT2D eigenvalue weighted by Crippen LogP contribution is -2.39. The number of hydrogen-bond donors (Lipinski definition) is 1. The molecule has 176 valence electrons. The van der Waals surface area contributed by atoms with Gasteiger partial charge in [0.15, 0.2) is 0 Å². The molecule has 2 heterocycles. The average Bonchev–Trinajstić information content (AvgIpc) is 2.74. The zero-order valence-electron chi connectivity index (χ0n) is 19.8. The summed E-state index contributed by atoms with van der Waals surface area (Å²) in [5.74, 6) is 0.877. The predicted molar refractivity (Wildman–Crippen MR) is 127 cm³/mol. The maximum absolute atomic E-state index is 13.5. The first-order valence-corrected chi connectivity index (χ1v) is 12.8. The summed E-state index contributed by atoms with van der Waals surface area (Å²) in [6, 6.07) is 10.3. The third kappa shape index (κ3) is 5.69. The van der Waals surface area contributed by atoms with Gasteiger partial charge in [0.05, 0.1) is 24.2 Å². The van der Waals surface area contributed by atoms with E-state index in [1.54, 1.807) is 36.5 Å². The second-order valence-electron chi connectivity index (χ2n) is 9.96. The van der Waals surface area contributed by atoms with Crippen molar-refractivity contribution in [1.82, 2.24) is 4.98 Å². The molecule has 1 N–H and O–H groups in total. The highest BCUT2D eigenvalue weighted by molar-refractivity contribution is 7.92. The minimum Gasteiger partial charge on any atom is -0.388 e. The van der Waals surface area contributed by atoms with Gasteiger partial charge in [0.2, 0.25) is 0 Å². The van der Waals surface area contributed by atoms with E-state index in [1.807, 2.05) is 19.9 Å². The molecule has 1 aromatic heterocycles. The number of rotatable bonds is 10. The van der Waals surface area contributed by atoms with Crippen molar-refractivity contribution in [3.8, 4) is 0 Å². The Morgan fingerprint density at radius 3 is 2.16 bits per heavy atom. The number of nitrogens with zero attached hydrogens (tertiary/aromatic N) is 2. The maximum atomic E-state index is 13.5. The zero-order chi connectivity index (χ0) is 23.5. The fraction of sp³-hybridized carbons (Fsp3) is 0.560. The number of pyridine rings is 1. The van der Waals surface area contributed by atoms with Crippen LogP contribution in [0.4, 0.5) is 5.82 Å². The number of hydrogen-bond acceptors (Lipinski definition) is 5. The quantitative estimate of drug-likeness (QED) is 0.545. The van der Waals surface area contributed by atoms with Crippen LogP contribution in [-0.4, -0.2) is 38.3 Å². The summed E-state index contributed by atoms with van der Waals surface area (Å²) in [4.78, 5) is 4.65. The van der Waals surface area contributed by atoms with Crippen LogP contribution in [0.25, 0.3) is 0 Å². The third-order valence-electron chi connectivity index (χ3n) is 6.00. The van der Waals surface area contributed by atoms with Crippen LogP contribution in [0.3, 0.4) is 0 Å². The first kappa shape index (κ1) is 24.7. The molecule has 1 aliphatic heterocycles. The van der Waals surface area contributed by atoms with Crippen molar-refractivity contribution >= 4 is 15.8 Å². The van der Waals surface area contributed by atoms with E-state index in [9.17, 15) is 13.5 Å². The van der Waals surface area contributed by atoms with Crippen LogP contribution in [0.1, 0.15) is 70.6 Å². The second kappa shape index (κ2) is 9.89. The van der Waals surface area contributed by atoms with Gasteiger partial charge in [-0.15, -0.1) is 0 Å². The Balaban J connectivity index is 1.79. The van der Waals surface area contributed by atoms with Gasteiger partial charge in [-0.25, -0.2) is 17.7 Å². The van der Waals surface area contributed by atoms with Gasteiger partial charge in [-0.1, -0.05) is 52.8 Å². The Morgan fingerprint density at radius 2 is 1.69 bits per heavy atom. The molecule has 1 aromatic carbocycles. The summed E-state index contributed by atoms with van der Waals surface area (Å²) < 4.78 is 33.6. The molecule has 0 amide bonds. The first-order valence-electron chi connectivity index (χ1n) is 11.4. The number of anilines is 1. The van der Waals surface area contributed by atoms with Gasteiger partial charge in [0.25, 0.3) is 10.0 Å². The minimum absolute atomic E-state index is 0.134. The van der Waals surface area contributed by atoms with E-state index in [0.717, 1.165) is 30.8 Å². The fourth-order valence-corrected chi connectivity index (χ4v) is 5.35. The van der Waals surface area contributed by atoms with Crippen molar-refractivity contribution in [1.29, 1.82) is 0 Å². The van der Waals surface area contributed by atoms with E-state index in [1.165, 1.54) is 4.31 Å². The van der Waals surface area contributed by atoms with E-state index in [0.29, 0.717) is 24.7 Å². The summed E-state index contributed by atoms with van der Waals surface area (Å²) in [5, 5.41) is 10.6. The highest BCUT2D eigenvalue weighted by Crippen LogP contribution is 2.35. The summed E-state index contributed by atoms with van der Waals surface area (Å²) in [5.41, 5.74) is 1.93. The topological polar surface area (TPSA) is 79.7 Å². The molecule has 1 fully saturated rings. The van der Waals surface area contributed by atoms with Crippen LogP contribution in [-0.2, 0) is 14.8 Å². The Hall–Kier alpha value is -1.96. The van der Waals surface area contributed by atoms with Gasteiger partial charge >= 0.3 is 0 Å². The molecule has 0 saturated carbocycles. The Morgan fingerprint density at radius 1 is 1.06 bits per heavy atom.